The molecule has 1 unspecified atom stereocenters. The van der Waals surface area contributed by atoms with Crippen LogP contribution in [0.25, 0.3) is 0 Å². The first-order chi connectivity index (χ1) is 15.7. The maximum absolute atomic E-state index is 9.10. The first-order valence-electron chi connectivity index (χ1n) is 12.0. The van der Waals surface area contributed by atoms with Crippen molar-refractivity contribution in [3.05, 3.63) is 53.3 Å². The van der Waals surface area contributed by atoms with Gasteiger partial charge in [0.15, 0.2) is 0 Å². The predicted octanol–water partition coefficient (Wildman–Crippen LogP) is 4.48. The summed E-state index contributed by atoms with van der Waals surface area (Å²) in [6.07, 6.45) is 9.93. The van der Waals surface area contributed by atoms with Crippen LogP contribution in [-0.2, 0) is 21.5 Å². The summed E-state index contributed by atoms with van der Waals surface area (Å²) in [6, 6.07) is 11.1. The average molecular weight is 456 g/mol. The second-order valence-corrected chi connectivity index (χ2v) is 10.1. The van der Waals surface area contributed by atoms with Crippen molar-refractivity contribution < 1.29 is 19.8 Å². The smallest absolute Gasteiger partial charge is 0.414 e. The maximum atomic E-state index is 9.10. The molecule has 0 bridgehead atoms. The molecule has 1 atom stereocenters. The lowest BCUT2D eigenvalue weighted by molar-refractivity contribution is -0.159. The first kappa shape index (κ1) is 25.0. The lowest BCUT2D eigenvalue weighted by atomic mass is 9.84. The number of carboxylic acids is 2. The van der Waals surface area contributed by atoms with Crippen molar-refractivity contribution in [3.8, 4) is 0 Å². The van der Waals surface area contributed by atoms with Crippen LogP contribution in [0.5, 0.6) is 0 Å². The van der Waals surface area contributed by atoms with Crippen molar-refractivity contribution >= 4 is 11.9 Å². The lowest BCUT2D eigenvalue weighted by Gasteiger charge is -2.34. The van der Waals surface area contributed by atoms with Gasteiger partial charge in [-0.3, -0.25) is 4.68 Å². The largest absolute Gasteiger partial charge is 0.473 e. The average Bonchev–Trinajstić information content (AvgIpc) is 3.24. The molecule has 2 N–H and O–H groups in total. The van der Waals surface area contributed by atoms with Gasteiger partial charge >= 0.3 is 11.9 Å². The molecule has 0 radical (unpaired) electrons. The molecule has 2 heterocycles. The van der Waals surface area contributed by atoms with E-state index in [0.29, 0.717) is 5.92 Å². The van der Waals surface area contributed by atoms with Crippen molar-refractivity contribution in [3.63, 3.8) is 0 Å². The summed E-state index contributed by atoms with van der Waals surface area (Å²) in [5.41, 5.74) is 4.66. The van der Waals surface area contributed by atoms with Crippen molar-refractivity contribution in [1.29, 1.82) is 0 Å². The Morgan fingerprint density at radius 1 is 1.03 bits per heavy atom. The number of aliphatic carboxylic acids is 2. The molecule has 4 rings (SSSR count). The summed E-state index contributed by atoms with van der Waals surface area (Å²) < 4.78 is 2.28. The van der Waals surface area contributed by atoms with Gasteiger partial charge in [-0.15, -0.1) is 0 Å². The van der Waals surface area contributed by atoms with Gasteiger partial charge in [-0.2, -0.15) is 5.10 Å². The molecule has 1 fully saturated rings. The van der Waals surface area contributed by atoms with Gasteiger partial charge in [0.1, 0.15) is 0 Å². The van der Waals surface area contributed by atoms with Crippen LogP contribution in [0.4, 0.5) is 0 Å². The number of aromatic nitrogens is 2. The van der Waals surface area contributed by atoms with Gasteiger partial charge in [-0.1, -0.05) is 30.3 Å². The number of hydrogen-bond donors (Lipinski definition) is 2. The van der Waals surface area contributed by atoms with Crippen molar-refractivity contribution in [2.75, 3.05) is 19.6 Å². The molecule has 1 aromatic carbocycles. The van der Waals surface area contributed by atoms with Gasteiger partial charge in [0.05, 0.1) is 11.7 Å². The number of rotatable bonds is 4. The fraction of sp³-hybridized carbons (Fsp3) is 0.577. The van der Waals surface area contributed by atoms with E-state index < -0.39 is 11.9 Å². The van der Waals surface area contributed by atoms with Crippen LogP contribution in [0.2, 0.25) is 0 Å². The number of benzene rings is 1. The standard InChI is InChI=1S/C24H35N3.C2H2O4/c1-24(2,3)27-23-11-7-10-21(22(23)18-25-27)14-17-26-15-12-20(13-16-26)19-8-5-4-6-9-19;3-1(4)2(5)6/h4-6,8-9,18,20-21H,7,10-17H2,1-3H3;(H,3,4)(H,5,6). The molecule has 7 nitrogen and oxygen atoms in total. The molecule has 0 saturated carbocycles. The van der Waals surface area contributed by atoms with Crippen LogP contribution < -0.4 is 0 Å². The minimum atomic E-state index is -1.82. The number of hydrogen-bond acceptors (Lipinski definition) is 4. The molecule has 33 heavy (non-hydrogen) atoms. The van der Waals surface area contributed by atoms with Crippen LogP contribution in [0.15, 0.2) is 36.5 Å². The molecule has 1 aliphatic carbocycles. The number of carboxylic acid groups (broad SMARTS) is 2. The highest BCUT2D eigenvalue weighted by Crippen LogP contribution is 2.36. The molecule has 0 amide bonds. The SMILES string of the molecule is CC(C)(C)n1ncc2c1CCCC2CCN1CCC(c2ccccc2)CC1.O=C(O)C(=O)O. The quantitative estimate of drug-likeness (QED) is 0.660. The highest BCUT2D eigenvalue weighted by molar-refractivity contribution is 6.27. The zero-order chi connectivity index (χ0) is 24.0. The highest BCUT2D eigenvalue weighted by atomic mass is 16.4. The Labute approximate surface area is 196 Å². The van der Waals surface area contributed by atoms with E-state index in [1.807, 2.05) is 0 Å². The van der Waals surface area contributed by atoms with E-state index in [0.717, 1.165) is 5.92 Å². The lowest BCUT2D eigenvalue weighted by Crippen LogP contribution is -2.34. The van der Waals surface area contributed by atoms with E-state index >= 15 is 0 Å². The number of piperidine rings is 1. The summed E-state index contributed by atoms with van der Waals surface area (Å²) in [5.74, 6) is -2.18. The fourth-order valence-corrected chi connectivity index (χ4v) is 5.08. The van der Waals surface area contributed by atoms with Crippen LogP contribution in [0.1, 0.15) is 81.5 Å². The molecular formula is C26H37N3O4. The third-order valence-corrected chi connectivity index (χ3v) is 6.78. The molecular weight excluding hydrogens is 418 g/mol. The summed E-state index contributed by atoms with van der Waals surface area (Å²) in [6.45, 7) is 10.5. The second kappa shape index (κ2) is 11.0. The first-order valence-corrected chi connectivity index (χ1v) is 12.0. The van der Waals surface area contributed by atoms with E-state index in [4.69, 9.17) is 24.9 Å². The van der Waals surface area contributed by atoms with Crippen molar-refractivity contribution in [2.45, 2.75) is 76.7 Å². The summed E-state index contributed by atoms with van der Waals surface area (Å²) >= 11 is 0. The van der Waals surface area contributed by atoms with Crippen LogP contribution in [0, 0.1) is 0 Å². The van der Waals surface area contributed by atoms with E-state index in [9.17, 15) is 0 Å². The Morgan fingerprint density at radius 3 is 2.24 bits per heavy atom. The fourth-order valence-electron chi connectivity index (χ4n) is 5.08. The third-order valence-electron chi connectivity index (χ3n) is 6.78. The minimum Gasteiger partial charge on any atom is -0.473 e. The Hall–Kier alpha value is -2.67. The zero-order valence-electron chi connectivity index (χ0n) is 20.0. The van der Waals surface area contributed by atoms with Gasteiger partial charge in [0.25, 0.3) is 0 Å². The number of nitrogens with zero attached hydrogens (tertiary/aromatic N) is 3. The minimum absolute atomic E-state index is 0.0921. The molecule has 180 valence electrons. The molecule has 1 aromatic heterocycles. The second-order valence-electron chi connectivity index (χ2n) is 10.1. The summed E-state index contributed by atoms with van der Waals surface area (Å²) in [4.78, 5) is 20.9. The zero-order valence-corrected chi connectivity index (χ0v) is 20.0. The number of fused-ring (bicyclic) bond motifs is 1. The van der Waals surface area contributed by atoms with E-state index in [1.165, 1.54) is 75.0 Å². The molecule has 7 heteroatoms. The highest BCUT2D eigenvalue weighted by Gasteiger charge is 2.29. The molecule has 0 spiro atoms. The Morgan fingerprint density at radius 2 is 1.67 bits per heavy atom. The molecule has 2 aliphatic rings. The van der Waals surface area contributed by atoms with Crippen molar-refractivity contribution in [2.24, 2.45) is 0 Å². The van der Waals surface area contributed by atoms with Crippen LogP contribution in [-0.4, -0.2) is 56.5 Å². The predicted molar refractivity (Wildman–Crippen MR) is 128 cm³/mol. The van der Waals surface area contributed by atoms with Gasteiger partial charge in [-0.05, 0) is 102 Å². The molecule has 1 aliphatic heterocycles. The topological polar surface area (TPSA) is 95.7 Å². The summed E-state index contributed by atoms with van der Waals surface area (Å²) in [7, 11) is 0. The van der Waals surface area contributed by atoms with Crippen molar-refractivity contribution in [1.82, 2.24) is 14.7 Å². The van der Waals surface area contributed by atoms with E-state index in [-0.39, 0.29) is 5.54 Å². The Balaban J connectivity index is 0.000000454. The Kier molecular flexibility index (Phi) is 8.30. The third kappa shape index (κ3) is 6.67. The maximum Gasteiger partial charge on any atom is 0.414 e. The molecule has 2 aromatic rings. The van der Waals surface area contributed by atoms with Gasteiger partial charge < -0.3 is 15.1 Å². The van der Waals surface area contributed by atoms with Gasteiger partial charge in [0, 0.05) is 5.69 Å². The number of likely N-dealkylation sites (tertiary alicyclic amines) is 1. The van der Waals surface area contributed by atoms with Crippen LogP contribution in [0.3, 0.4) is 0 Å². The van der Waals surface area contributed by atoms with Crippen LogP contribution >= 0.6 is 0 Å². The number of carbonyl (C=O) groups is 2. The summed E-state index contributed by atoms with van der Waals surface area (Å²) in [5, 5.41) is 19.5. The van der Waals surface area contributed by atoms with Gasteiger partial charge in [0.2, 0.25) is 0 Å². The Bertz CT molecular complexity index is 913. The van der Waals surface area contributed by atoms with E-state index in [1.54, 1.807) is 0 Å². The molecule has 1 saturated heterocycles. The monoisotopic (exact) mass is 455 g/mol. The normalized spacial score (nSPS) is 19.3. The van der Waals surface area contributed by atoms with E-state index in [2.05, 4.69) is 66.9 Å². The van der Waals surface area contributed by atoms with Gasteiger partial charge in [-0.25, -0.2) is 9.59 Å².